The van der Waals surface area contributed by atoms with Gasteiger partial charge in [-0.15, -0.1) is 0 Å². The van der Waals surface area contributed by atoms with Gasteiger partial charge >= 0.3 is 0 Å². The van der Waals surface area contributed by atoms with E-state index in [0.29, 0.717) is 35.5 Å². The van der Waals surface area contributed by atoms with Crippen molar-refractivity contribution in [2.24, 2.45) is 7.05 Å². The lowest BCUT2D eigenvalue weighted by Gasteiger charge is -2.18. The molecule has 0 unspecified atom stereocenters. The quantitative estimate of drug-likeness (QED) is 0.558. The SMILES string of the molecule is Cn1cc(-c2nc(N3Cc4cccnc4C3)cc3c(=O)n(CCO)cnc23)cn1. The molecule has 4 aromatic rings. The maximum atomic E-state index is 13.0. The summed E-state index contributed by atoms with van der Waals surface area (Å²) in [6.07, 6.45) is 6.81. The summed E-state index contributed by atoms with van der Waals surface area (Å²) < 4.78 is 3.11. The Hall–Kier alpha value is -3.59. The molecule has 0 aliphatic carbocycles. The van der Waals surface area contributed by atoms with Gasteiger partial charge in [-0.05, 0) is 17.7 Å². The van der Waals surface area contributed by atoms with E-state index in [1.807, 2.05) is 19.3 Å². The highest BCUT2D eigenvalue weighted by molar-refractivity contribution is 5.92. The third-order valence-electron chi connectivity index (χ3n) is 5.13. The summed E-state index contributed by atoms with van der Waals surface area (Å²) in [6.45, 7) is 1.37. The van der Waals surface area contributed by atoms with Gasteiger partial charge in [-0.3, -0.25) is 19.0 Å². The molecule has 0 radical (unpaired) electrons. The lowest BCUT2D eigenvalue weighted by molar-refractivity contribution is 0.274. The molecule has 0 saturated carbocycles. The van der Waals surface area contributed by atoms with Crippen molar-refractivity contribution in [2.75, 3.05) is 11.5 Å². The number of aryl methyl sites for hydroxylation is 1. The fourth-order valence-corrected chi connectivity index (χ4v) is 3.69. The summed E-state index contributed by atoms with van der Waals surface area (Å²) >= 11 is 0. The normalized spacial score (nSPS) is 13.2. The molecule has 0 atom stereocenters. The van der Waals surface area contributed by atoms with Crippen LogP contribution >= 0.6 is 0 Å². The van der Waals surface area contributed by atoms with Crippen LogP contribution in [0.25, 0.3) is 22.2 Å². The van der Waals surface area contributed by atoms with Gasteiger partial charge in [0.05, 0.1) is 43.3 Å². The summed E-state index contributed by atoms with van der Waals surface area (Å²) in [4.78, 5) is 28.9. The van der Waals surface area contributed by atoms with Crippen molar-refractivity contribution in [3.63, 3.8) is 0 Å². The number of pyridine rings is 2. The second kappa shape index (κ2) is 6.78. The molecular weight excluding hydrogens is 370 g/mol. The molecule has 0 saturated heterocycles. The van der Waals surface area contributed by atoms with E-state index in [1.165, 1.54) is 10.9 Å². The molecule has 1 aliphatic heterocycles. The summed E-state index contributed by atoms with van der Waals surface area (Å²) in [5, 5.41) is 14.0. The lowest BCUT2D eigenvalue weighted by atomic mass is 10.1. The van der Waals surface area contributed by atoms with Gasteiger partial charge in [-0.1, -0.05) is 6.07 Å². The van der Waals surface area contributed by atoms with Crippen LogP contribution in [-0.4, -0.2) is 41.0 Å². The van der Waals surface area contributed by atoms with Gasteiger partial charge in [0.1, 0.15) is 17.0 Å². The van der Waals surface area contributed by atoms with Crippen LogP contribution in [0.1, 0.15) is 11.3 Å². The predicted molar refractivity (Wildman–Crippen MR) is 107 cm³/mol. The topological polar surface area (TPSA) is 102 Å². The van der Waals surface area contributed by atoms with E-state index in [-0.39, 0.29) is 18.7 Å². The van der Waals surface area contributed by atoms with Gasteiger partial charge in [0.2, 0.25) is 0 Å². The number of aliphatic hydroxyl groups is 1. The molecule has 9 nitrogen and oxygen atoms in total. The zero-order valence-corrected chi connectivity index (χ0v) is 15.9. The van der Waals surface area contributed by atoms with Crippen molar-refractivity contribution in [3.8, 4) is 11.3 Å². The number of hydrogen-bond acceptors (Lipinski definition) is 7. The number of anilines is 1. The molecule has 5 rings (SSSR count). The molecule has 0 fully saturated rings. The minimum absolute atomic E-state index is 0.131. The van der Waals surface area contributed by atoms with E-state index in [9.17, 15) is 9.90 Å². The Kier molecular flexibility index (Phi) is 4.09. The van der Waals surface area contributed by atoms with Gasteiger partial charge in [0.25, 0.3) is 5.56 Å². The molecule has 4 aromatic heterocycles. The van der Waals surface area contributed by atoms with Gasteiger partial charge in [-0.2, -0.15) is 5.10 Å². The highest BCUT2D eigenvalue weighted by Gasteiger charge is 2.23. The fourth-order valence-electron chi connectivity index (χ4n) is 3.69. The van der Waals surface area contributed by atoms with Crippen LogP contribution < -0.4 is 10.5 Å². The van der Waals surface area contributed by atoms with Gasteiger partial charge in [0, 0.05) is 31.5 Å². The van der Waals surface area contributed by atoms with Crippen molar-refractivity contribution in [1.29, 1.82) is 0 Å². The van der Waals surface area contributed by atoms with Crippen molar-refractivity contribution in [1.82, 2.24) is 29.3 Å². The molecule has 1 aliphatic rings. The number of aliphatic hydroxyl groups excluding tert-OH is 1. The number of rotatable bonds is 4. The van der Waals surface area contributed by atoms with Crippen molar-refractivity contribution < 1.29 is 5.11 Å². The van der Waals surface area contributed by atoms with Crippen LogP contribution in [0.15, 0.2) is 47.9 Å². The smallest absolute Gasteiger partial charge is 0.261 e. The zero-order chi connectivity index (χ0) is 20.0. The van der Waals surface area contributed by atoms with E-state index in [4.69, 9.17) is 4.98 Å². The van der Waals surface area contributed by atoms with E-state index in [2.05, 4.69) is 26.0 Å². The number of nitrogens with zero attached hydrogens (tertiary/aromatic N) is 7. The van der Waals surface area contributed by atoms with E-state index in [0.717, 1.165) is 16.8 Å². The first kappa shape index (κ1) is 17.5. The van der Waals surface area contributed by atoms with Crippen LogP contribution in [0.3, 0.4) is 0 Å². The zero-order valence-electron chi connectivity index (χ0n) is 15.9. The van der Waals surface area contributed by atoms with Gasteiger partial charge in [-0.25, -0.2) is 9.97 Å². The van der Waals surface area contributed by atoms with Crippen LogP contribution in [0, 0.1) is 0 Å². The second-order valence-corrected chi connectivity index (χ2v) is 7.06. The second-order valence-electron chi connectivity index (χ2n) is 7.06. The largest absolute Gasteiger partial charge is 0.395 e. The molecule has 0 spiro atoms. The Labute approximate surface area is 165 Å². The summed E-state index contributed by atoms with van der Waals surface area (Å²) in [7, 11) is 1.83. The maximum Gasteiger partial charge on any atom is 0.261 e. The minimum Gasteiger partial charge on any atom is -0.395 e. The summed E-state index contributed by atoms with van der Waals surface area (Å²) in [5.74, 6) is 0.690. The maximum absolute atomic E-state index is 13.0. The van der Waals surface area contributed by atoms with Crippen LogP contribution in [0.4, 0.5) is 5.82 Å². The summed E-state index contributed by atoms with van der Waals surface area (Å²) in [6, 6.07) is 5.76. The van der Waals surface area contributed by atoms with Crippen LogP contribution in [-0.2, 0) is 26.7 Å². The van der Waals surface area contributed by atoms with E-state index in [1.54, 1.807) is 23.1 Å². The average Bonchev–Trinajstić information content (AvgIpc) is 3.36. The Bertz CT molecular complexity index is 1250. The Morgan fingerprint density at radius 2 is 2.14 bits per heavy atom. The molecule has 0 aromatic carbocycles. The van der Waals surface area contributed by atoms with Crippen molar-refractivity contribution >= 4 is 16.7 Å². The molecule has 1 N–H and O–H groups in total. The predicted octanol–water partition coefficient (Wildman–Crippen LogP) is 1.10. The van der Waals surface area contributed by atoms with Crippen LogP contribution in [0.5, 0.6) is 0 Å². The minimum atomic E-state index is -0.201. The molecular formula is C20H19N7O2. The molecule has 9 heteroatoms. The standard InChI is InChI=1S/C20H19N7O2/c1-25-9-14(8-23-25)18-19-15(20(29)26(5-6-28)12-22-19)7-17(24-18)27-10-13-3-2-4-21-16(13)11-27/h2-4,7-9,12,28H,5-6,10-11H2,1H3. The summed E-state index contributed by atoms with van der Waals surface area (Å²) in [5.41, 5.74) is 3.90. The van der Waals surface area contributed by atoms with E-state index >= 15 is 0 Å². The highest BCUT2D eigenvalue weighted by Crippen LogP contribution is 2.31. The first-order chi connectivity index (χ1) is 14.1. The first-order valence-electron chi connectivity index (χ1n) is 9.32. The van der Waals surface area contributed by atoms with Crippen molar-refractivity contribution in [3.05, 3.63) is 64.7 Å². The number of hydrogen-bond donors (Lipinski definition) is 1. The lowest BCUT2D eigenvalue weighted by Crippen LogP contribution is -2.23. The fraction of sp³-hybridized carbons (Fsp3) is 0.250. The third-order valence-corrected chi connectivity index (χ3v) is 5.13. The monoisotopic (exact) mass is 389 g/mol. The number of aromatic nitrogens is 6. The van der Waals surface area contributed by atoms with Gasteiger partial charge in [0.15, 0.2) is 0 Å². The molecule has 0 bridgehead atoms. The average molecular weight is 389 g/mol. The molecule has 29 heavy (non-hydrogen) atoms. The Morgan fingerprint density at radius 3 is 2.90 bits per heavy atom. The molecule has 5 heterocycles. The molecule has 0 amide bonds. The van der Waals surface area contributed by atoms with E-state index < -0.39 is 0 Å². The first-order valence-corrected chi connectivity index (χ1v) is 9.32. The molecule has 146 valence electrons. The van der Waals surface area contributed by atoms with Gasteiger partial charge < -0.3 is 10.0 Å². The number of fused-ring (bicyclic) bond motifs is 2. The Morgan fingerprint density at radius 1 is 1.24 bits per heavy atom. The highest BCUT2D eigenvalue weighted by atomic mass is 16.3. The third kappa shape index (κ3) is 2.95. The Balaban J connectivity index is 1.70. The van der Waals surface area contributed by atoms with Crippen LogP contribution in [0.2, 0.25) is 0 Å². The van der Waals surface area contributed by atoms with Crippen molar-refractivity contribution in [2.45, 2.75) is 19.6 Å².